The zero-order chi connectivity index (χ0) is 21.8. The molecule has 0 spiro atoms. The minimum absolute atomic E-state index is 0.146. The van der Waals surface area contributed by atoms with Gasteiger partial charge in [0.05, 0.1) is 10.8 Å². The van der Waals surface area contributed by atoms with Crippen LogP contribution in [0.25, 0.3) is 11.1 Å². The van der Waals surface area contributed by atoms with Crippen molar-refractivity contribution in [3.05, 3.63) is 84.4 Å². The number of benzene rings is 3. The van der Waals surface area contributed by atoms with Crippen molar-refractivity contribution in [1.82, 2.24) is 4.31 Å². The average molecular weight is 435 g/mol. The van der Waals surface area contributed by atoms with E-state index in [4.69, 9.17) is 0 Å². The molecule has 0 bridgehead atoms. The number of nitrogens with one attached hydrogen (secondary N) is 1. The second kappa shape index (κ2) is 9.04. The molecule has 3 aromatic carbocycles. The van der Waals surface area contributed by atoms with Gasteiger partial charge in [-0.05, 0) is 43.5 Å². The van der Waals surface area contributed by atoms with Gasteiger partial charge >= 0.3 is 0 Å². The molecule has 3 aromatic rings. The summed E-state index contributed by atoms with van der Waals surface area (Å²) in [6.45, 7) is 2.54. The molecule has 1 aliphatic heterocycles. The lowest BCUT2D eigenvalue weighted by atomic mass is 9.98. The molecule has 1 aliphatic rings. The topological polar surface area (TPSA) is 66.5 Å². The van der Waals surface area contributed by atoms with Crippen LogP contribution in [0, 0.1) is 12.8 Å². The quantitative estimate of drug-likeness (QED) is 0.633. The molecule has 1 amide bonds. The molecular formula is C25H26N2O3S. The minimum Gasteiger partial charge on any atom is -0.325 e. The molecule has 0 radical (unpaired) electrons. The van der Waals surface area contributed by atoms with E-state index in [1.807, 2.05) is 61.5 Å². The van der Waals surface area contributed by atoms with Crippen molar-refractivity contribution in [3.63, 3.8) is 0 Å². The molecule has 0 aromatic heterocycles. The molecule has 4 rings (SSSR count). The normalized spacial score (nSPS) is 17.3. The van der Waals surface area contributed by atoms with E-state index in [-0.39, 0.29) is 17.3 Å². The fraction of sp³-hybridized carbons (Fsp3) is 0.240. The van der Waals surface area contributed by atoms with Crippen LogP contribution in [-0.4, -0.2) is 31.7 Å². The molecular weight excluding hydrogens is 408 g/mol. The number of piperidine rings is 1. The standard InChI is InChI=1S/C25H26N2O3S/c1-19-13-15-22(16-14-19)31(29,30)27-17-7-10-21(18-27)25(28)26-24-12-6-5-11-23(24)20-8-3-2-4-9-20/h2-6,8-9,11-16,21H,7,10,17-18H2,1H3,(H,26,28). The smallest absolute Gasteiger partial charge is 0.243 e. The summed E-state index contributed by atoms with van der Waals surface area (Å²) in [4.78, 5) is 13.3. The first-order valence-corrected chi connectivity index (χ1v) is 11.9. The fourth-order valence-electron chi connectivity index (χ4n) is 3.93. The van der Waals surface area contributed by atoms with Gasteiger partial charge in [0.25, 0.3) is 0 Å². The highest BCUT2D eigenvalue weighted by molar-refractivity contribution is 7.89. The highest BCUT2D eigenvalue weighted by atomic mass is 32.2. The Bertz CT molecular complexity index is 1160. The van der Waals surface area contributed by atoms with E-state index in [1.165, 1.54) is 4.31 Å². The summed E-state index contributed by atoms with van der Waals surface area (Å²) >= 11 is 0. The van der Waals surface area contributed by atoms with Crippen molar-refractivity contribution in [3.8, 4) is 11.1 Å². The summed E-state index contributed by atoms with van der Waals surface area (Å²) in [5, 5.41) is 3.04. The van der Waals surface area contributed by atoms with Crippen LogP contribution in [0.15, 0.2) is 83.8 Å². The van der Waals surface area contributed by atoms with Crippen LogP contribution >= 0.6 is 0 Å². The monoisotopic (exact) mass is 434 g/mol. The molecule has 1 N–H and O–H groups in total. The maximum Gasteiger partial charge on any atom is 0.243 e. The molecule has 160 valence electrons. The van der Waals surface area contributed by atoms with E-state index in [1.54, 1.807) is 24.3 Å². The SMILES string of the molecule is Cc1ccc(S(=O)(=O)N2CCCC(C(=O)Nc3ccccc3-c3ccccc3)C2)cc1. The Morgan fingerprint density at radius 1 is 0.935 bits per heavy atom. The first-order chi connectivity index (χ1) is 14.9. The van der Waals surface area contributed by atoms with Gasteiger partial charge in [-0.2, -0.15) is 4.31 Å². The molecule has 5 nitrogen and oxygen atoms in total. The number of aryl methyl sites for hydroxylation is 1. The maximum absolute atomic E-state index is 13.1. The van der Waals surface area contributed by atoms with Gasteiger partial charge in [-0.25, -0.2) is 8.42 Å². The number of carbonyl (C=O) groups excluding carboxylic acids is 1. The van der Waals surface area contributed by atoms with Gasteiger partial charge in [-0.15, -0.1) is 0 Å². The molecule has 0 saturated carbocycles. The van der Waals surface area contributed by atoms with Crippen LogP contribution in [-0.2, 0) is 14.8 Å². The summed E-state index contributed by atoms with van der Waals surface area (Å²) in [6, 6.07) is 24.4. The Balaban J connectivity index is 1.51. The zero-order valence-corrected chi connectivity index (χ0v) is 18.3. The van der Waals surface area contributed by atoms with Gasteiger partial charge in [-0.1, -0.05) is 66.2 Å². The third-order valence-electron chi connectivity index (χ3n) is 5.68. The number of sulfonamides is 1. The lowest BCUT2D eigenvalue weighted by Gasteiger charge is -2.31. The Kier molecular flexibility index (Phi) is 6.20. The van der Waals surface area contributed by atoms with Gasteiger partial charge in [0.1, 0.15) is 0 Å². The van der Waals surface area contributed by atoms with Gasteiger partial charge in [0, 0.05) is 24.3 Å². The molecule has 1 fully saturated rings. The first-order valence-electron chi connectivity index (χ1n) is 10.5. The number of amides is 1. The summed E-state index contributed by atoms with van der Waals surface area (Å²) in [5.41, 5.74) is 3.70. The molecule has 6 heteroatoms. The predicted molar refractivity (Wildman–Crippen MR) is 123 cm³/mol. The van der Waals surface area contributed by atoms with Crippen LogP contribution in [0.2, 0.25) is 0 Å². The predicted octanol–water partition coefficient (Wildman–Crippen LogP) is 4.70. The van der Waals surface area contributed by atoms with Gasteiger partial charge in [0.2, 0.25) is 15.9 Å². The van der Waals surface area contributed by atoms with Gasteiger partial charge < -0.3 is 5.32 Å². The summed E-state index contributed by atoms with van der Waals surface area (Å²) in [7, 11) is -3.62. The van der Waals surface area contributed by atoms with E-state index >= 15 is 0 Å². The van der Waals surface area contributed by atoms with Crippen molar-refractivity contribution < 1.29 is 13.2 Å². The Hall–Kier alpha value is -2.96. The number of anilines is 1. The summed E-state index contributed by atoms with van der Waals surface area (Å²) in [5.74, 6) is -0.537. The van der Waals surface area contributed by atoms with Crippen LogP contribution in [0.4, 0.5) is 5.69 Å². The zero-order valence-electron chi connectivity index (χ0n) is 17.5. The van der Waals surface area contributed by atoms with E-state index in [0.29, 0.717) is 19.4 Å². The molecule has 1 heterocycles. The van der Waals surface area contributed by atoms with Crippen LogP contribution in [0.1, 0.15) is 18.4 Å². The van der Waals surface area contributed by atoms with E-state index < -0.39 is 15.9 Å². The highest BCUT2D eigenvalue weighted by Crippen LogP contribution is 2.29. The number of hydrogen-bond donors (Lipinski definition) is 1. The van der Waals surface area contributed by atoms with E-state index in [9.17, 15) is 13.2 Å². The molecule has 0 aliphatic carbocycles. The van der Waals surface area contributed by atoms with Crippen molar-refractivity contribution in [2.45, 2.75) is 24.7 Å². The fourth-order valence-corrected chi connectivity index (χ4v) is 5.45. The Morgan fingerprint density at radius 3 is 2.35 bits per heavy atom. The number of para-hydroxylation sites is 1. The number of carbonyl (C=O) groups is 1. The average Bonchev–Trinajstić information content (AvgIpc) is 2.80. The lowest BCUT2D eigenvalue weighted by molar-refractivity contribution is -0.120. The largest absolute Gasteiger partial charge is 0.325 e. The van der Waals surface area contributed by atoms with E-state index in [2.05, 4.69) is 5.32 Å². The van der Waals surface area contributed by atoms with Gasteiger partial charge in [0.15, 0.2) is 0 Å². The molecule has 1 saturated heterocycles. The first kappa shape index (κ1) is 21.3. The lowest BCUT2D eigenvalue weighted by Crippen LogP contribution is -2.43. The second-order valence-corrected chi connectivity index (χ2v) is 9.85. The number of nitrogens with zero attached hydrogens (tertiary/aromatic N) is 1. The summed E-state index contributed by atoms with van der Waals surface area (Å²) < 4.78 is 27.6. The second-order valence-electron chi connectivity index (χ2n) is 7.92. The summed E-state index contributed by atoms with van der Waals surface area (Å²) in [6.07, 6.45) is 1.32. The van der Waals surface area contributed by atoms with Gasteiger partial charge in [-0.3, -0.25) is 4.79 Å². The van der Waals surface area contributed by atoms with Crippen LogP contribution in [0.3, 0.4) is 0 Å². The minimum atomic E-state index is -3.62. The molecule has 1 atom stereocenters. The molecule has 1 unspecified atom stereocenters. The van der Waals surface area contributed by atoms with Crippen molar-refractivity contribution in [2.75, 3.05) is 18.4 Å². The third-order valence-corrected chi connectivity index (χ3v) is 7.56. The van der Waals surface area contributed by atoms with Crippen molar-refractivity contribution in [2.24, 2.45) is 5.92 Å². The molecule has 31 heavy (non-hydrogen) atoms. The Morgan fingerprint density at radius 2 is 1.61 bits per heavy atom. The number of rotatable bonds is 5. The highest BCUT2D eigenvalue weighted by Gasteiger charge is 2.33. The van der Waals surface area contributed by atoms with Crippen LogP contribution in [0.5, 0.6) is 0 Å². The number of hydrogen-bond acceptors (Lipinski definition) is 3. The van der Waals surface area contributed by atoms with Crippen LogP contribution < -0.4 is 5.32 Å². The van der Waals surface area contributed by atoms with Crippen molar-refractivity contribution in [1.29, 1.82) is 0 Å². The Labute approximate surface area is 183 Å². The third kappa shape index (κ3) is 4.70. The van der Waals surface area contributed by atoms with E-state index in [0.717, 1.165) is 22.4 Å². The maximum atomic E-state index is 13.1. The van der Waals surface area contributed by atoms with Crippen molar-refractivity contribution >= 4 is 21.6 Å².